The van der Waals surface area contributed by atoms with Gasteiger partial charge in [0, 0.05) is 25.2 Å². The van der Waals surface area contributed by atoms with Crippen LogP contribution < -0.4 is 0 Å². The number of hydrogen-bond donors (Lipinski definition) is 1. The standard InChI is InChI=1S/C19H23N3O4S/c1-13-5-3-4-6-14(13)17-18(26-12-16(24)21(17)2)19(25)22(8-9-23)11-15-20-7-10-27-15/h3-7,10,17-18,23H,8-9,11-12H2,1-2H3/t17-,18+/m1/s1. The van der Waals surface area contributed by atoms with Crippen molar-refractivity contribution in [2.24, 2.45) is 0 Å². The van der Waals surface area contributed by atoms with Gasteiger partial charge in [-0.1, -0.05) is 24.3 Å². The summed E-state index contributed by atoms with van der Waals surface area (Å²) in [6, 6.07) is 7.15. The minimum absolute atomic E-state index is 0.139. The van der Waals surface area contributed by atoms with Gasteiger partial charge in [-0.2, -0.15) is 0 Å². The van der Waals surface area contributed by atoms with Crippen LogP contribution in [0.2, 0.25) is 0 Å². The number of likely N-dealkylation sites (N-methyl/N-ethyl adjacent to an activating group) is 1. The number of aliphatic hydroxyl groups excluding tert-OH is 1. The molecular formula is C19H23N3O4S. The number of ether oxygens (including phenoxy) is 1. The van der Waals surface area contributed by atoms with Crippen LogP contribution in [0.1, 0.15) is 22.2 Å². The SMILES string of the molecule is Cc1ccccc1[C@@H]1[C@@H](C(=O)N(CCO)Cc2nccs2)OCC(=O)N1C. The molecule has 1 saturated heterocycles. The molecule has 0 spiro atoms. The van der Waals surface area contributed by atoms with Gasteiger partial charge in [0.05, 0.1) is 19.2 Å². The predicted molar refractivity (Wildman–Crippen MR) is 101 cm³/mol. The van der Waals surface area contributed by atoms with Gasteiger partial charge in [-0.05, 0) is 18.1 Å². The van der Waals surface area contributed by atoms with E-state index in [4.69, 9.17) is 4.74 Å². The van der Waals surface area contributed by atoms with Crippen molar-refractivity contribution in [3.8, 4) is 0 Å². The highest BCUT2D eigenvalue weighted by molar-refractivity contribution is 7.09. The molecule has 2 atom stereocenters. The van der Waals surface area contributed by atoms with Crippen molar-refractivity contribution < 1.29 is 19.4 Å². The second kappa shape index (κ2) is 8.60. The number of hydrogen-bond acceptors (Lipinski definition) is 6. The summed E-state index contributed by atoms with van der Waals surface area (Å²) in [4.78, 5) is 32.9. The number of amides is 2. The summed E-state index contributed by atoms with van der Waals surface area (Å²) in [5.74, 6) is -0.423. The van der Waals surface area contributed by atoms with E-state index < -0.39 is 12.1 Å². The number of rotatable bonds is 6. The van der Waals surface area contributed by atoms with Gasteiger partial charge in [0.15, 0.2) is 6.10 Å². The van der Waals surface area contributed by atoms with Crippen LogP contribution in [0.4, 0.5) is 0 Å². The Morgan fingerprint density at radius 1 is 1.44 bits per heavy atom. The third-order valence-corrected chi connectivity index (χ3v) is 5.49. The molecule has 1 aliphatic rings. The van der Waals surface area contributed by atoms with Crippen LogP contribution in [0.3, 0.4) is 0 Å². The number of aromatic nitrogens is 1. The Balaban J connectivity index is 1.91. The number of nitrogens with zero attached hydrogens (tertiary/aromatic N) is 3. The first-order valence-corrected chi connectivity index (χ1v) is 9.61. The van der Waals surface area contributed by atoms with Crippen LogP contribution >= 0.6 is 11.3 Å². The summed E-state index contributed by atoms with van der Waals surface area (Å²) in [5.41, 5.74) is 1.86. The highest BCUT2D eigenvalue weighted by Crippen LogP contribution is 2.32. The minimum atomic E-state index is -0.833. The number of thiazole rings is 1. The van der Waals surface area contributed by atoms with E-state index in [-0.39, 0.29) is 31.6 Å². The van der Waals surface area contributed by atoms with E-state index in [1.165, 1.54) is 11.3 Å². The van der Waals surface area contributed by atoms with Gasteiger partial charge < -0.3 is 19.6 Å². The van der Waals surface area contributed by atoms with Gasteiger partial charge >= 0.3 is 0 Å². The molecule has 8 heteroatoms. The summed E-state index contributed by atoms with van der Waals surface area (Å²) >= 11 is 1.45. The smallest absolute Gasteiger partial charge is 0.254 e. The molecule has 27 heavy (non-hydrogen) atoms. The Labute approximate surface area is 162 Å². The molecule has 3 rings (SSSR count). The maximum absolute atomic E-state index is 13.3. The molecule has 0 aliphatic carbocycles. The lowest BCUT2D eigenvalue weighted by Crippen LogP contribution is -2.54. The second-order valence-electron chi connectivity index (χ2n) is 6.45. The zero-order chi connectivity index (χ0) is 19.4. The predicted octanol–water partition coefficient (Wildman–Crippen LogP) is 1.37. The third-order valence-electron chi connectivity index (χ3n) is 4.73. The fourth-order valence-corrected chi connectivity index (χ4v) is 3.90. The Bertz CT molecular complexity index is 796. The summed E-state index contributed by atoms with van der Waals surface area (Å²) in [7, 11) is 1.69. The first-order valence-electron chi connectivity index (χ1n) is 8.73. The van der Waals surface area contributed by atoms with Crippen molar-refractivity contribution in [2.75, 3.05) is 26.8 Å². The molecule has 0 radical (unpaired) electrons. The quantitative estimate of drug-likeness (QED) is 0.807. The monoisotopic (exact) mass is 389 g/mol. The van der Waals surface area contributed by atoms with E-state index in [0.29, 0.717) is 6.54 Å². The van der Waals surface area contributed by atoms with Crippen LogP contribution in [-0.2, 0) is 20.9 Å². The first kappa shape index (κ1) is 19.5. The van der Waals surface area contributed by atoms with E-state index in [1.807, 2.05) is 36.6 Å². The van der Waals surface area contributed by atoms with E-state index in [9.17, 15) is 14.7 Å². The van der Waals surface area contributed by atoms with Crippen molar-refractivity contribution in [2.45, 2.75) is 25.6 Å². The van der Waals surface area contributed by atoms with Gasteiger partial charge in [-0.25, -0.2) is 4.98 Å². The van der Waals surface area contributed by atoms with Crippen LogP contribution in [0.25, 0.3) is 0 Å². The number of morpholine rings is 1. The molecule has 0 bridgehead atoms. The largest absolute Gasteiger partial charge is 0.395 e. The summed E-state index contributed by atoms with van der Waals surface area (Å²) in [6.07, 6.45) is 0.849. The first-order chi connectivity index (χ1) is 13.0. The molecule has 2 amide bonds. The van der Waals surface area contributed by atoms with Gasteiger partial charge in [-0.3, -0.25) is 9.59 Å². The van der Waals surface area contributed by atoms with E-state index in [1.54, 1.807) is 23.0 Å². The van der Waals surface area contributed by atoms with Crippen molar-refractivity contribution >= 4 is 23.2 Å². The zero-order valence-corrected chi connectivity index (χ0v) is 16.2. The van der Waals surface area contributed by atoms with Gasteiger partial charge in [-0.15, -0.1) is 11.3 Å². The Morgan fingerprint density at radius 3 is 2.89 bits per heavy atom. The van der Waals surface area contributed by atoms with E-state index in [2.05, 4.69) is 4.98 Å². The number of carbonyl (C=O) groups excluding carboxylic acids is 2. The number of carbonyl (C=O) groups is 2. The molecule has 1 fully saturated rings. The molecular weight excluding hydrogens is 366 g/mol. The average Bonchev–Trinajstić information content (AvgIpc) is 3.17. The highest BCUT2D eigenvalue weighted by Gasteiger charge is 2.42. The molecule has 1 N–H and O–H groups in total. The number of aryl methyl sites for hydroxylation is 1. The summed E-state index contributed by atoms with van der Waals surface area (Å²) in [5, 5.41) is 12.0. The van der Waals surface area contributed by atoms with Gasteiger partial charge in [0.25, 0.3) is 5.91 Å². The van der Waals surface area contributed by atoms with Gasteiger partial charge in [0.2, 0.25) is 5.91 Å². The Hall–Kier alpha value is -2.29. The fraction of sp³-hybridized carbons (Fsp3) is 0.421. The van der Waals surface area contributed by atoms with Crippen LogP contribution in [-0.4, -0.2) is 64.6 Å². The summed E-state index contributed by atoms with van der Waals surface area (Å²) < 4.78 is 5.71. The van der Waals surface area contributed by atoms with Crippen molar-refractivity contribution in [1.29, 1.82) is 0 Å². The van der Waals surface area contributed by atoms with E-state index >= 15 is 0 Å². The van der Waals surface area contributed by atoms with Crippen molar-refractivity contribution in [3.63, 3.8) is 0 Å². The third kappa shape index (κ3) is 4.18. The lowest BCUT2D eigenvalue weighted by Gasteiger charge is -2.40. The van der Waals surface area contributed by atoms with Crippen molar-refractivity contribution in [1.82, 2.24) is 14.8 Å². The molecule has 1 aliphatic heterocycles. The molecule has 144 valence electrons. The molecule has 2 aromatic rings. The number of aliphatic hydroxyl groups is 1. The Morgan fingerprint density at radius 2 is 2.22 bits per heavy atom. The maximum atomic E-state index is 13.3. The lowest BCUT2D eigenvalue weighted by molar-refractivity contribution is -0.168. The molecule has 1 aromatic carbocycles. The summed E-state index contributed by atoms with van der Waals surface area (Å²) in [6.45, 7) is 2.13. The highest BCUT2D eigenvalue weighted by atomic mass is 32.1. The Kier molecular flexibility index (Phi) is 6.20. The molecule has 2 heterocycles. The minimum Gasteiger partial charge on any atom is -0.395 e. The number of benzene rings is 1. The molecule has 1 aromatic heterocycles. The van der Waals surface area contributed by atoms with Crippen molar-refractivity contribution in [3.05, 3.63) is 52.0 Å². The second-order valence-corrected chi connectivity index (χ2v) is 7.43. The zero-order valence-electron chi connectivity index (χ0n) is 15.4. The molecule has 7 nitrogen and oxygen atoms in total. The van der Waals surface area contributed by atoms with Crippen LogP contribution in [0.5, 0.6) is 0 Å². The van der Waals surface area contributed by atoms with Crippen LogP contribution in [0.15, 0.2) is 35.8 Å². The molecule has 0 unspecified atom stereocenters. The fourth-order valence-electron chi connectivity index (χ4n) is 3.27. The maximum Gasteiger partial charge on any atom is 0.254 e. The molecule has 0 saturated carbocycles. The van der Waals surface area contributed by atoms with E-state index in [0.717, 1.165) is 16.1 Å². The average molecular weight is 389 g/mol. The topological polar surface area (TPSA) is 83.0 Å². The normalized spacial score (nSPS) is 20.0. The van der Waals surface area contributed by atoms with Crippen LogP contribution in [0, 0.1) is 6.92 Å². The van der Waals surface area contributed by atoms with Gasteiger partial charge in [0.1, 0.15) is 11.6 Å². The lowest BCUT2D eigenvalue weighted by atomic mass is 9.93.